The average Bonchev–Trinajstić information content (AvgIpc) is 2.45. The second kappa shape index (κ2) is 6.45. The molecule has 2 rings (SSSR count). The standard InChI is InChI=1S/C15H18ClNO4/c1-2-20-14(19)21-12-8-5-9-15(17,13(12)18)10-6-3-4-7-11(10)16/h3-4,6-7,12H,2,5,8-9,17H2,1H3/t12-,15-/m1/s1. The first-order valence-electron chi connectivity index (χ1n) is 6.90. The van der Waals surface area contributed by atoms with E-state index in [1.165, 1.54) is 0 Å². The summed E-state index contributed by atoms with van der Waals surface area (Å²) < 4.78 is 9.78. The fourth-order valence-corrected chi connectivity index (χ4v) is 2.88. The Balaban J connectivity index is 2.23. The van der Waals surface area contributed by atoms with E-state index in [2.05, 4.69) is 0 Å². The molecule has 21 heavy (non-hydrogen) atoms. The molecule has 1 aromatic rings. The van der Waals surface area contributed by atoms with Crippen LogP contribution in [0.3, 0.4) is 0 Å². The van der Waals surface area contributed by atoms with Crippen molar-refractivity contribution in [1.82, 2.24) is 0 Å². The molecule has 114 valence electrons. The van der Waals surface area contributed by atoms with Crippen LogP contribution in [0.15, 0.2) is 24.3 Å². The van der Waals surface area contributed by atoms with Crippen LogP contribution in [0, 0.1) is 0 Å². The van der Waals surface area contributed by atoms with Crippen LogP contribution in [-0.4, -0.2) is 24.6 Å². The Morgan fingerprint density at radius 1 is 1.48 bits per heavy atom. The lowest BCUT2D eigenvalue weighted by atomic mass is 9.75. The van der Waals surface area contributed by atoms with Crippen molar-refractivity contribution in [3.8, 4) is 0 Å². The number of Topliss-reactive ketones (excluding diaryl/α,β-unsaturated/α-hetero) is 1. The maximum Gasteiger partial charge on any atom is 0.508 e. The topological polar surface area (TPSA) is 78.6 Å². The molecule has 0 unspecified atom stereocenters. The molecule has 6 heteroatoms. The first-order chi connectivity index (χ1) is 9.99. The maximum atomic E-state index is 12.6. The Hall–Kier alpha value is -1.59. The van der Waals surface area contributed by atoms with E-state index in [9.17, 15) is 9.59 Å². The number of ether oxygens (including phenoxy) is 2. The van der Waals surface area contributed by atoms with Crippen molar-refractivity contribution >= 4 is 23.5 Å². The predicted molar refractivity (Wildman–Crippen MR) is 78.1 cm³/mol. The predicted octanol–water partition coefficient (Wildman–Crippen LogP) is 2.79. The highest BCUT2D eigenvalue weighted by Crippen LogP contribution is 2.36. The minimum atomic E-state index is -1.23. The van der Waals surface area contributed by atoms with Crippen LogP contribution in [0.4, 0.5) is 4.79 Å². The molecule has 1 saturated carbocycles. The zero-order valence-electron chi connectivity index (χ0n) is 11.8. The first-order valence-corrected chi connectivity index (χ1v) is 7.28. The molecule has 0 amide bonds. The lowest BCUT2D eigenvalue weighted by molar-refractivity contribution is -0.138. The minimum absolute atomic E-state index is 0.192. The molecule has 0 heterocycles. The first kappa shape index (κ1) is 15.8. The molecule has 1 aliphatic carbocycles. The lowest BCUT2D eigenvalue weighted by Gasteiger charge is -2.36. The van der Waals surface area contributed by atoms with Gasteiger partial charge in [0.2, 0.25) is 0 Å². The number of rotatable bonds is 3. The van der Waals surface area contributed by atoms with Crippen molar-refractivity contribution in [1.29, 1.82) is 0 Å². The molecule has 1 fully saturated rings. The third kappa shape index (κ3) is 3.19. The maximum absolute atomic E-state index is 12.6. The Morgan fingerprint density at radius 2 is 2.19 bits per heavy atom. The van der Waals surface area contributed by atoms with Gasteiger partial charge in [-0.3, -0.25) is 4.79 Å². The van der Waals surface area contributed by atoms with Gasteiger partial charge in [0.25, 0.3) is 0 Å². The zero-order valence-corrected chi connectivity index (χ0v) is 12.6. The molecule has 2 atom stereocenters. The summed E-state index contributed by atoms with van der Waals surface area (Å²) in [6, 6.07) is 6.97. The van der Waals surface area contributed by atoms with Crippen molar-refractivity contribution < 1.29 is 19.1 Å². The van der Waals surface area contributed by atoms with Crippen molar-refractivity contribution in [3.05, 3.63) is 34.9 Å². The molecule has 2 N–H and O–H groups in total. The van der Waals surface area contributed by atoms with Gasteiger partial charge < -0.3 is 15.2 Å². The van der Waals surface area contributed by atoms with Gasteiger partial charge in [0.1, 0.15) is 5.54 Å². The van der Waals surface area contributed by atoms with Gasteiger partial charge in [-0.05, 0) is 37.8 Å². The second-order valence-electron chi connectivity index (χ2n) is 5.00. The average molecular weight is 312 g/mol. The van der Waals surface area contributed by atoms with Crippen LogP contribution < -0.4 is 5.73 Å². The number of nitrogens with two attached hydrogens (primary N) is 1. The second-order valence-corrected chi connectivity index (χ2v) is 5.40. The minimum Gasteiger partial charge on any atom is -0.435 e. The summed E-state index contributed by atoms with van der Waals surface area (Å²) >= 11 is 6.15. The number of hydrogen-bond donors (Lipinski definition) is 1. The van der Waals surface area contributed by atoms with Gasteiger partial charge in [-0.25, -0.2) is 4.79 Å². The molecule has 5 nitrogen and oxygen atoms in total. The fourth-order valence-electron chi connectivity index (χ4n) is 2.58. The van der Waals surface area contributed by atoms with Crippen LogP contribution >= 0.6 is 11.6 Å². The molecule has 0 bridgehead atoms. The van der Waals surface area contributed by atoms with Gasteiger partial charge in [-0.1, -0.05) is 29.8 Å². The third-order valence-corrected chi connectivity index (χ3v) is 3.95. The molecule has 0 spiro atoms. The Labute approximate surface area is 128 Å². The van der Waals surface area contributed by atoms with E-state index in [4.69, 9.17) is 26.8 Å². The molecular formula is C15H18ClNO4. The fraction of sp³-hybridized carbons (Fsp3) is 0.467. The summed E-state index contributed by atoms with van der Waals surface area (Å²) in [5, 5.41) is 0.435. The highest BCUT2D eigenvalue weighted by atomic mass is 35.5. The van der Waals surface area contributed by atoms with E-state index < -0.39 is 17.8 Å². The lowest BCUT2D eigenvalue weighted by Crippen LogP contribution is -2.53. The van der Waals surface area contributed by atoms with E-state index >= 15 is 0 Å². The van der Waals surface area contributed by atoms with Gasteiger partial charge in [0.15, 0.2) is 11.9 Å². The van der Waals surface area contributed by atoms with Crippen molar-refractivity contribution in [2.75, 3.05) is 6.61 Å². The Kier molecular flexibility index (Phi) is 4.85. The molecule has 0 aliphatic heterocycles. The van der Waals surface area contributed by atoms with Crippen LogP contribution in [0.2, 0.25) is 5.02 Å². The number of carbonyl (C=O) groups is 2. The monoisotopic (exact) mass is 311 g/mol. The van der Waals surface area contributed by atoms with E-state index in [1.807, 2.05) is 0 Å². The van der Waals surface area contributed by atoms with Crippen LogP contribution in [0.1, 0.15) is 31.7 Å². The summed E-state index contributed by atoms with van der Waals surface area (Å²) in [6.45, 7) is 1.86. The van der Waals surface area contributed by atoms with Crippen LogP contribution in [-0.2, 0) is 19.8 Å². The van der Waals surface area contributed by atoms with E-state index in [0.717, 1.165) is 0 Å². The Morgan fingerprint density at radius 3 is 2.86 bits per heavy atom. The largest absolute Gasteiger partial charge is 0.508 e. The quantitative estimate of drug-likeness (QED) is 0.868. The van der Waals surface area contributed by atoms with E-state index in [1.54, 1.807) is 31.2 Å². The molecule has 0 saturated heterocycles. The summed E-state index contributed by atoms with van der Waals surface area (Å²) in [5.41, 5.74) is 5.63. The smallest absolute Gasteiger partial charge is 0.435 e. The number of hydrogen-bond acceptors (Lipinski definition) is 5. The molecule has 0 radical (unpaired) electrons. The molecule has 1 aliphatic rings. The zero-order chi connectivity index (χ0) is 15.5. The number of benzene rings is 1. The summed E-state index contributed by atoms with van der Waals surface area (Å²) in [7, 11) is 0. The van der Waals surface area contributed by atoms with Crippen molar-refractivity contribution in [3.63, 3.8) is 0 Å². The van der Waals surface area contributed by atoms with Gasteiger partial charge in [-0.15, -0.1) is 0 Å². The molecule has 0 aromatic heterocycles. The summed E-state index contributed by atoms with van der Waals surface area (Å²) in [5.74, 6) is -0.338. The molecular weight excluding hydrogens is 294 g/mol. The van der Waals surface area contributed by atoms with Crippen molar-refractivity contribution in [2.45, 2.75) is 37.8 Å². The Bertz CT molecular complexity index is 548. The van der Waals surface area contributed by atoms with Crippen molar-refractivity contribution in [2.24, 2.45) is 5.73 Å². The number of ketones is 1. The summed E-state index contributed by atoms with van der Waals surface area (Å²) in [4.78, 5) is 24.0. The third-order valence-electron chi connectivity index (χ3n) is 3.62. The van der Waals surface area contributed by atoms with Crippen LogP contribution in [0.25, 0.3) is 0 Å². The van der Waals surface area contributed by atoms with Crippen LogP contribution in [0.5, 0.6) is 0 Å². The normalized spacial score (nSPS) is 25.5. The molecule has 1 aromatic carbocycles. The van der Waals surface area contributed by atoms with Gasteiger partial charge in [0, 0.05) is 5.02 Å². The van der Waals surface area contributed by atoms with Gasteiger partial charge >= 0.3 is 6.16 Å². The van der Waals surface area contributed by atoms with Gasteiger partial charge in [-0.2, -0.15) is 0 Å². The highest BCUT2D eigenvalue weighted by molar-refractivity contribution is 6.31. The van der Waals surface area contributed by atoms with E-state index in [-0.39, 0.29) is 12.4 Å². The highest BCUT2D eigenvalue weighted by Gasteiger charge is 2.45. The SMILES string of the molecule is CCOC(=O)O[C@@H]1CCC[C@@](N)(c2ccccc2Cl)C1=O. The number of carbonyl (C=O) groups excluding carboxylic acids is 2. The number of halogens is 1. The van der Waals surface area contributed by atoms with E-state index in [0.29, 0.717) is 29.8 Å². The summed E-state index contributed by atoms with van der Waals surface area (Å²) in [6.07, 6.45) is -0.157. The van der Waals surface area contributed by atoms with Gasteiger partial charge in [0.05, 0.1) is 6.61 Å².